The van der Waals surface area contributed by atoms with Gasteiger partial charge in [-0.1, -0.05) is 19.9 Å². The summed E-state index contributed by atoms with van der Waals surface area (Å²) in [5.41, 5.74) is 0. The van der Waals surface area contributed by atoms with Gasteiger partial charge < -0.3 is 4.74 Å². The van der Waals surface area contributed by atoms with E-state index in [1.807, 2.05) is 20.8 Å². The van der Waals surface area contributed by atoms with Gasteiger partial charge in [-0.25, -0.2) is 0 Å². The quantitative estimate of drug-likeness (QED) is 0.459. The molecule has 0 N–H and O–H groups in total. The van der Waals surface area contributed by atoms with Gasteiger partial charge in [-0.15, -0.1) is 6.58 Å². The van der Waals surface area contributed by atoms with Crippen molar-refractivity contribution in [3.05, 3.63) is 12.7 Å². The zero-order valence-corrected chi connectivity index (χ0v) is 7.46. The second kappa shape index (κ2) is 4.94. The minimum atomic E-state index is -0.139. The molecule has 64 valence electrons. The molecular formula is C9H16O2. The number of ether oxygens (including phenoxy) is 1. The highest BCUT2D eigenvalue weighted by Crippen LogP contribution is 2.12. The first kappa shape index (κ1) is 10.2. The molecule has 0 rings (SSSR count). The summed E-state index contributed by atoms with van der Waals surface area (Å²) in [5.74, 6) is -0.0265. The van der Waals surface area contributed by atoms with Gasteiger partial charge >= 0.3 is 5.97 Å². The zero-order chi connectivity index (χ0) is 8.85. The second-order valence-corrected chi connectivity index (χ2v) is 2.64. The van der Waals surface area contributed by atoms with E-state index >= 15 is 0 Å². The lowest BCUT2D eigenvalue weighted by atomic mass is 9.97. The molecule has 0 saturated carbocycles. The molecule has 0 aromatic carbocycles. The molecule has 0 radical (unpaired) electrons. The van der Waals surface area contributed by atoms with Gasteiger partial charge in [0, 0.05) is 0 Å². The number of carbonyl (C=O) groups excluding carboxylic acids is 1. The summed E-state index contributed by atoms with van der Waals surface area (Å²) in [4.78, 5) is 11.1. The molecule has 0 aromatic rings. The fourth-order valence-electron chi connectivity index (χ4n) is 0.692. The van der Waals surface area contributed by atoms with E-state index < -0.39 is 0 Å². The van der Waals surface area contributed by atoms with Crippen LogP contribution in [0.25, 0.3) is 0 Å². The Labute approximate surface area is 68.2 Å². The lowest BCUT2D eigenvalue weighted by Crippen LogP contribution is -2.19. The molecule has 2 atom stereocenters. The number of allylic oxidation sites excluding steroid dienone is 1. The lowest BCUT2D eigenvalue weighted by molar-refractivity contribution is -0.148. The number of hydrogen-bond donors (Lipinski definition) is 0. The van der Waals surface area contributed by atoms with Crippen molar-refractivity contribution in [1.29, 1.82) is 0 Å². The Balaban J connectivity index is 3.90. The highest BCUT2D eigenvalue weighted by atomic mass is 16.5. The maximum absolute atomic E-state index is 11.1. The van der Waals surface area contributed by atoms with Crippen LogP contribution in [0.1, 0.15) is 20.8 Å². The van der Waals surface area contributed by atoms with Crippen LogP contribution in [0.4, 0.5) is 0 Å². The summed E-state index contributed by atoms with van der Waals surface area (Å²) in [7, 11) is 0. The van der Waals surface area contributed by atoms with E-state index in [1.54, 1.807) is 6.08 Å². The molecule has 0 aromatic heterocycles. The standard InChI is InChI=1S/C9H16O2/c1-5-7(3)8(4)9(10)11-6-2/h5,7-8H,1,6H2,2-4H3. The first-order valence-electron chi connectivity index (χ1n) is 3.92. The van der Waals surface area contributed by atoms with Crippen molar-refractivity contribution in [3.63, 3.8) is 0 Å². The highest BCUT2D eigenvalue weighted by molar-refractivity contribution is 5.72. The van der Waals surface area contributed by atoms with Crippen LogP contribution < -0.4 is 0 Å². The molecular weight excluding hydrogens is 140 g/mol. The number of esters is 1. The largest absolute Gasteiger partial charge is 0.466 e. The van der Waals surface area contributed by atoms with E-state index in [2.05, 4.69) is 6.58 Å². The molecule has 0 aliphatic carbocycles. The Morgan fingerprint density at radius 1 is 1.64 bits per heavy atom. The molecule has 2 unspecified atom stereocenters. The van der Waals surface area contributed by atoms with Crippen molar-refractivity contribution in [2.45, 2.75) is 20.8 Å². The van der Waals surface area contributed by atoms with E-state index in [1.165, 1.54) is 0 Å². The monoisotopic (exact) mass is 156 g/mol. The molecule has 0 aliphatic rings. The average Bonchev–Trinajstić information content (AvgIpc) is 2.02. The molecule has 0 bridgehead atoms. The van der Waals surface area contributed by atoms with Gasteiger partial charge in [0.25, 0.3) is 0 Å². The summed E-state index contributed by atoms with van der Waals surface area (Å²) in [6, 6.07) is 0. The van der Waals surface area contributed by atoms with Crippen LogP contribution >= 0.6 is 0 Å². The van der Waals surface area contributed by atoms with Crippen molar-refractivity contribution < 1.29 is 9.53 Å². The van der Waals surface area contributed by atoms with E-state index in [-0.39, 0.29) is 17.8 Å². The van der Waals surface area contributed by atoms with Crippen LogP contribution in [0.3, 0.4) is 0 Å². The van der Waals surface area contributed by atoms with E-state index in [0.29, 0.717) is 6.61 Å². The van der Waals surface area contributed by atoms with Gasteiger partial charge in [-0.05, 0) is 12.8 Å². The van der Waals surface area contributed by atoms with Crippen molar-refractivity contribution in [2.24, 2.45) is 11.8 Å². The topological polar surface area (TPSA) is 26.3 Å². The molecule has 0 amide bonds. The minimum Gasteiger partial charge on any atom is -0.466 e. The van der Waals surface area contributed by atoms with Crippen molar-refractivity contribution in [2.75, 3.05) is 6.61 Å². The molecule has 11 heavy (non-hydrogen) atoms. The summed E-state index contributed by atoms with van der Waals surface area (Å²) in [5, 5.41) is 0. The highest BCUT2D eigenvalue weighted by Gasteiger charge is 2.18. The predicted octanol–water partition coefficient (Wildman–Crippen LogP) is 2.01. The minimum absolute atomic E-state index is 0.0764. The molecule has 2 heteroatoms. The average molecular weight is 156 g/mol. The molecule has 0 aliphatic heterocycles. The van der Waals surface area contributed by atoms with E-state index in [9.17, 15) is 4.79 Å². The van der Waals surface area contributed by atoms with E-state index in [4.69, 9.17) is 4.74 Å². The summed E-state index contributed by atoms with van der Waals surface area (Å²) >= 11 is 0. The molecule has 0 saturated heterocycles. The van der Waals surface area contributed by atoms with Gasteiger partial charge in [0.05, 0.1) is 12.5 Å². The molecule has 0 spiro atoms. The molecule has 0 fully saturated rings. The van der Waals surface area contributed by atoms with Gasteiger partial charge in [-0.3, -0.25) is 4.79 Å². The third-order valence-corrected chi connectivity index (χ3v) is 1.82. The van der Waals surface area contributed by atoms with Crippen LogP contribution in [0.5, 0.6) is 0 Å². The number of hydrogen-bond acceptors (Lipinski definition) is 2. The Morgan fingerprint density at radius 3 is 2.55 bits per heavy atom. The van der Waals surface area contributed by atoms with Gasteiger partial charge in [0.15, 0.2) is 0 Å². The maximum atomic E-state index is 11.1. The van der Waals surface area contributed by atoms with Gasteiger partial charge in [-0.2, -0.15) is 0 Å². The van der Waals surface area contributed by atoms with Gasteiger partial charge in [0.1, 0.15) is 0 Å². The summed E-state index contributed by atoms with van der Waals surface area (Å²) < 4.78 is 4.84. The molecule has 2 nitrogen and oxygen atoms in total. The predicted molar refractivity (Wildman–Crippen MR) is 45.2 cm³/mol. The SMILES string of the molecule is C=CC(C)C(C)C(=O)OCC. The third-order valence-electron chi connectivity index (χ3n) is 1.82. The summed E-state index contributed by atoms with van der Waals surface area (Å²) in [6.45, 7) is 9.68. The zero-order valence-electron chi connectivity index (χ0n) is 7.46. The van der Waals surface area contributed by atoms with Crippen molar-refractivity contribution >= 4 is 5.97 Å². The van der Waals surface area contributed by atoms with Crippen LogP contribution in [0.15, 0.2) is 12.7 Å². The summed E-state index contributed by atoms with van der Waals surface area (Å²) in [6.07, 6.45) is 1.77. The third kappa shape index (κ3) is 3.21. The van der Waals surface area contributed by atoms with Crippen molar-refractivity contribution in [3.8, 4) is 0 Å². The van der Waals surface area contributed by atoms with Crippen LogP contribution in [0.2, 0.25) is 0 Å². The number of rotatable bonds is 4. The van der Waals surface area contributed by atoms with Gasteiger partial charge in [0.2, 0.25) is 0 Å². The lowest BCUT2D eigenvalue weighted by Gasteiger charge is -2.13. The normalized spacial score (nSPS) is 15.2. The second-order valence-electron chi connectivity index (χ2n) is 2.64. The van der Waals surface area contributed by atoms with E-state index in [0.717, 1.165) is 0 Å². The molecule has 0 heterocycles. The number of carbonyl (C=O) groups is 1. The maximum Gasteiger partial charge on any atom is 0.309 e. The Bertz CT molecular complexity index is 140. The first-order chi connectivity index (χ1) is 5.13. The Morgan fingerprint density at radius 2 is 2.18 bits per heavy atom. The Hall–Kier alpha value is -0.790. The first-order valence-corrected chi connectivity index (χ1v) is 3.92. The van der Waals surface area contributed by atoms with Crippen molar-refractivity contribution in [1.82, 2.24) is 0 Å². The fraction of sp³-hybridized carbons (Fsp3) is 0.667. The van der Waals surface area contributed by atoms with Crippen LogP contribution in [-0.4, -0.2) is 12.6 Å². The van der Waals surface area contributed by atoms with Crippen LogP contribution in [-0.2, 0) is 9.53 Å². The smallest absolute Gasteiger partial charge is 0.309 e. The fourth-order valence-corrected chi connectivity index (χ4v) is 0.692. The van der Waals surface area contributed by atoms with Crippen LogP contribution in [0, 0.1) is 11.8 Å². The Kier molecular flexibility index (Phi) is 4.59.